The van der Waals surface area contributed by atoms with Gasteiger partial charge in [-0.25, -0.2) is 4.98 Å². The van der Waals surface area contributed by atoms with Gasteiger partial charge in [-0.15, -0.1) is 0 Å². The zero-order chi connectivity index (χ0) is 20.0. The van der Waals surface area contributed by atoms with Crippen LogP contribution in [0.3, 0.4) is 0 Å². The van der Waals surface area contributed by atoms with Crippen LogP contribution >= 0.6 is 27.7 Å². The van der Waals surface area contributed by atoms with Gasteiger partial charge in [-0.3, -0.25) is 14.2 Å². The maximum absolute atomic E-state index is 13.0. The number of halogens is 1. The van der Waals surface area contributed by atoms with E-state index in [1.807, 2.05) is 12.1 Å². The predicted octanol–water partition coefficient (Wildman–Crippen LogP) is 3.77. The summed E-state index contributed by atoms with van der Waals surface area (Å²) in [7, 11) is 0. The molecule has 0 unspecified atom stereocenters. The van der Waals surface area contributed by atoms with E-state index in [2.05, 4.69) is 27.8 Å². The number of unbranched alkanes of at least 4 members (excludes halogenated alkanes) is 2. The number of carbonyl (C=O) groups excluding carboxylic acids is 1. The fourth-order valence-electron chi connectivity index (χ4n) is 2.57. The van der Waals surface area contributed by atoms with Crippen molar-refractivity contribution in [3.63, 3.8) is 0 Å². The van der Waals surface area contributed by atoms with Gasteiger partial charge < -0.3 is 5.73 Å². The predicted molar refractivity (Wildman–Crippen MR) is 111 cm³/mol. The number of nitrogens with zero attached hydrogens (tertiary/aromatic N) is 3. The summed E-state index contributed by atoms with van der Waals surface area (Å²) in [4.78, 5) is 29.8. The Labute approximate surface area is 170 Å². The summed E-state index contributed by atoms with van der Waals surface area (Å²) >= 11 is 4.54. The molecule has 2 aromatic rings. The highest BCUT2D eigenvalue weighted by molar-refractivity contribution is 9.10. The monoisotopic (exact) mass is 448 g/mol. The van der Waals surface area contributed by atoms with Gasteiger partial charge in [0.15, 0.2) is 10.9 Å². The summed E-state index contributed by atoms with van der Waals surface area (Å²) in [6.07, 6.45) is 2.89. The Morgan fingerprint density at radius 2 is 2.15 bits per heavy atom. The number of hydrogen-bond acceptors (Lipinski definition) is 6. The van der Waals surface area contributed by atoms with Crippen LogP contribution in [0.15, 0.2) is 43.9 Å². The molecular weight excluding hydrogens is 428 g/mol. The van der Waals surface area contributed by atoms with Crippen molar-refractivity contribution in [2.75, 3.05) is 5.75 Å². The number of carbonyl (C=O) groups is 1. The first kappa shape index (κ1) is 21.2. The molecule has 27 heavy (non-hydrogen) atoms. The van der Waals surface area contributed by atoms with Crippen molar-refractivity contribution >= 4 is 44.4 Å². The lowest BCUT2D eigenvalue weighted by molar-refractivity contribution is -0.112. The van der Waals surface area contributed by atoms with Crippen molar-refractivity contribution in [2.24, 2.45) is 5.73 Å². The maximum Gasteiger partial charge on any atom is 0.262 e. The van der Waals surface area contributed by atoms with Crippen molar-refractivity contribution < 1.29 is 4.79 Å². The third-order valence-electron chi connectivity index (χ3n) is 3.98. The second-order valence-electron chi connectivity index (χ2n) is 6.10. The Balaban J connectivity index is 2.41. The van der Waals surface area contributed by atoms with Gasteiger partial charge in [0.1, 0.15) is 11.6 Å². The lowest BCUT2D eigenvalue weighted by Crippen LogP contribution is -2.24. The molecule has 0 aliphatic carbocycles. The smallest absolute Gasteiger partial charge is 0.262 e. The number of rotatable bonds is 8. The van der Waals surface area contributed by atoms with Gasteiger partial charge in [-0.1, -0.05) is 47.5 Å². The summed E-state index contributed by atoms with van der Waals surface area (Å²) in [6, 6.07) is 7.19. The molecule has 0 saturated carbocycles. The first-order chi connectivity index (χ1) is 12.9. The van der Waals surface area contributed by atoms with Crippen LogP contribution in [0.25, 0.3) is 10.9 Å². The van der Waals surface area contributed by atoms with Crippen molar-refractivity contribution in [3.05, 3.63) is 44.3 Å². The lowest BCUT2D eigenvalue weighted by atomic mass is 10.2. The van der Waals surface area contributed by atoms with Crippen LogP contribution in [0.1, 0.15) is 33.1 Å². The Kier molecular flexibility index (Phi) is 7.63. The first-order valence-corrected chi connectivity index (χ1v) is 10.4. The van der Waals surface area contributed by atoms with Crippen LogP contribution < -0.4 is 11.3 Å². The molecule has 142 valence electrons. The summed E-state index contributed by atoms with van der Waals surface area (Å²) in [5.41, 5.74) is 6.19. The van der Waals surface area contributed by atoms with E-state index >= 15 is 0 Å². The standard InChI is InChI=1S/C19H21BrN4O2S/c1-3-4-5-8-24-18(26)14-9-13(20)6-7-16(14)23-19(24)27-11-17(25)15(10-21)12(2)22/h6-7,9H,3-5,8,11,22H2,1-2H3/b15-12+. The second-order valence-corrected chi connectivity index (χ2v) is 7.96. The van der Waals surface area contributed by atoms with Crippen LogP contribution in [0.2, 0.25) is 0 Å². The van der Waals surface area contributed by atoms with E-state index in [4.69, 9.17) is 11.0 Å². The van der Waals surface area contributed by atoms with Crippen LogP contribution in [-0.4, -0.2) is 21.1 Å². The van der Waals surface area contributed by atoms with Gasteiger partial charge in [0.2, 0.25) is 0 Å². The number of hydrogen-bond donors (Lipinski definition) is 1. The molecule has 0 amide bonds. The lowest BCUT2D eigenvalue weighted by Gasteiger charge is -2.13. The minimum Gasteiger partial charge on any atom is -0.401 e. The molecule has 0 bridgehead atoms. The highest BCUT2D eigenvalue weighted by Crippen LogP contribution is 2.22. The fraction of sp³-hybridized carbons (Fsp3) is 0.368. The molecule has 0 spiro atoms. The van der Waals surface area contributed by atoms with E-state index < -0.39 is 0 Å². The number of nitriles is 1. The Bertz CT molecular complexity index is 988. The van der Waals surface area contributed by atoms with Crippen molar-refractivity contribution in [2.45, 2.75) is 44.8 Å². The molecule has 2 N–H and O–H groups in total. The Morgan fingerprint density at radius 1 is 1.41 bits per heavy atom. The average Bonchev–Trinajstić information content (AvgIpc) is 2.63. The number of aromatic nitrogens is 2. The molecule has 1 heterocycles. The highest BCUT2D eigenvalue weighted by atomic mass is 79.9. The number of Topliss-reactive ketones (excluding diaryl/α,β-unsaturated/α-hetero) is 1. The molecular formula is C19H21BrN4O2S. The molecule has 0 fully saturated rings. The molecule has 0 radical (unpaired) electrons. The summed E-state index contributed by atoms with van der Waals surface area (Å²) < 4.78 is 2.43. The van der Waals surface area contributed by atoms with Crippen LogP contribution in [-0.2, 0) is 11.3 Å². The summed E-state index contributed by atoms with van der Waals surface area (Å²) in [6.45, 7) is 4.15. The number of nitrogens with two attached hydrogens (primary N) is 1. The van der Waals surface area contributed by atoms with Gasteiger partial charge in [-0.05, 0) is 31.5 Å². The van der Waals surface area contributed by atoms with E-state index in [1.165, 1.54) is 6.92 Å². The normalized spacial score (nSPS) is 11.9. The van der Waals surface area contributed by atoms with Gasteiger partial charge in [-0.2, -0.15) is 5.26 Å². The van der Waals surface area contributed by atoms with Crippen LogP contribution in [0, 0.1) is 11.3 Å². The second kappa shape index (κ2) is 9.72. The Morgan fingerprint density at radius 3 is 2.78 bits per heavy atom. The Hall–Kier alpha value is -2.11. The molecule has 0 atom stereocenters. The minimum atomic E-state index is -0.368. The molecule has 1 aromatic carbocycles. The fourth-order valence-corrected chi connectivity index (χ4v) is 3.83. The number of ketones is 1. The van der Waals surface area contributed by atoms with Crippen molar-refractivity contribution in [1.82, 2.24) is 9.55 Å². The van der Waals surface area contributed by atoms with E-state index in [0.29, 0.717) is 22.6 Å². The van der Waals surface area contributed by atoms with Gasteiger partial charge in [0, 0.05) is 16.7 Å². The van der Waals surface area contributed by atoms with Gasteiger partial charge in [0.25, 0.3) is 5.56 Å². The molecule has 2 rings (SSSR count). The molecule has 8 heteroatoms. The third-order valence-corrected chi connectivity index (χ3v) is 5.45. The van der Waals surface area contributed by atoms with Crippen molar-refractivity contribution in [3.8, 4) is 6.07 Å². The molecule has 1 aromatic heterocycles. The van der Waals surface area contributed by atoms with E-state index in [0.717, 1.165) is 35.5 Å². The molecule has 6 nitrogen and oxygen atoms in total. The van der Waals surface area contributed by atoms with E-state index in [9.17, 15) is 9.59 Å². The number of allylic oxidation sites excluding steroid dienone is 2. The minimum absolute atomic E-state index is 0.000312. The number of fused-ring (bicyclic) bond motifs is 1. The molecule has 0 saturated heterocycles. The largest absolute Gasteiger partial charge is 0.401 e. The average molecular weight is 449 g/mol. The van der Waals surface area contributed by atoms with Crippen LogP contribution in [0.4, 0.5) is 0 Å². The molecule has 0 aliphatic heterocycles. The zero-order valence-corrected chi connectivity index (χ0v) is 17.7. The summed E-state index contributed by atoms with van der Waals surface area (Å²) in [5.74, 6) is -0.368. The number of benzene rings is 1. The van der Waals surface area contributed by atoms with Gasteiger partial charge >= 0.3 is 0 Å². The van der Waals surface area contributed by atoms with Gasteiger partial charge in [0.05, 0.1) is 16.7 Å². The van der Waals surface area contributed by atoms with E-state index in [-0.39, 0.29) is 28.4 Å². The SMILES string of the molecule is CCCCCn1c(SCC(=O)/C(C#N)=C(\C)N)nc2ccc(Br)cc2c1=O. The summed E-state index contributed by atoms with van der Waals surface area (Å²) in [5, 5.41) is 10.1. The quantitative estimate of drug-likeness (QED) is 0.217. The van der Waals surface area contributed by atoms with Crippen LogP contribution in [0.5, 0.6) is 0 Å². The first-order valence-electron chi connectivity index (χ1n) is 8.61. The number of thioether (sulfide) groups is 1. The van der Waals surface area contributed by atoms with Crippen molar-refractivity contribution in [1.29, 1.82) is 5.26 Å². The third kappa shape index (κ3) is 5.21. The topological polar surface area (TPSA) is 102 Å². The highest BCUT2D eigenvalue weighted by Gasteiger charge is 2.16. The maximum atomic E-state index is 13.0. The van der Waals surface area contributed by atoms with E-state index in [1.54, 1.807) is 16.7 Å². The zero-order valence-electron chi connectivity index (χ0n) is 15.3. The molecule has 0 aliphatic rings.